The normalized spacial score (nSPS) is 18.1. The first-order valence-corrected chi connectivity index (χ1v) is 11.9. The average molecular weight is 437 g/mol. The summed E-state index contributed by atoms with van der Waals surface area (Å²) in [4.78, 5) is 14.7. The molecule has 0 radical (unpaired) electrons. The molecule has 160 valence electrons. The number of sulfonamides is 1. The number of rotatable bonds is 3. The third kappa shape index (κ3) is 3.38. The van der Waals surface area contributed by atoms with E-state index >= 15 is 0 Å². The van der Waals surface area contributed by atoms with Crippen molar-refractivity contribution >= 4 is 32.6 Å². The van der Waals surface area contributed by atoms with Gasteiger partial charge in [0, 0.05) is 30.1 Å². The van der Waals surface area contributed by atoms with E-state index in [1.54, 1.807) is 21.3 Å². The number of carbonyl (C=O) groups is 1. The van der Waals surface area contributed by atoms with Crippen molar-refractivity contribution in [1.82, 2.24) is 4.31 Å². The first-order chi connectivity index (χ1) is 15.0. The highest BCUT2D eigenvalue weighted by molar-refractivity contribution is 7.89. The van der Waals surface area contributed by atoms with Gasteiger partial charge in [-0.3, -0.25) is 4.90 Å². The summed E-state index contributed by atoms with van der Waals surface area (Å²) in [6, 6.07) is 18.7. The Labute approximate surface area is 182 Å². The molecule has 0 atom stereocenters. The standard InChI is InChI=1S/C24H24N2O4S/c1-17-6-4-9-19-16-30-24(27)26(23(17)19)20-12-14-25(15-13-20)31(28,29)22-11-5-8-18-7-2-3-10-21(18)22/h2-11,20H,12-16H2,1H3. The molecule has 3 aromatic rings. The van der Waals surface area contributed by atoms with Crippen molar-refractivity contribution in [2.45, 2.75) is 37.3 Å². The lowest BCUT2D eigenvalue weighted by Crippen LogP contribution is -2.50. The molecule has 0 N–H and O–H groups in total. The van der Waals surface area contributed by atoms with Crippen molar-refractivity contribution in [2.24, 2.45) is 0 Å². The summed E-state index contributed by atoms with van der Waals surface area (Å²) in [5.41, 5.74) is 2.93. The molecule has 6 nitrogen and oxygen atoms in total. The average Bonchev–Trinajstić information content (AvgIpc) is 2.79. The molecular formula is C24H24N2O4S. The van der Waals surface area contributed by atoms with E-state index in [1.807, 2.05) is 55.5 Å². The Morgan fingerprint density at radius 1 is 0.935 bits per heavy atom. The topological polar surface area (TPSA) is 66.9 Å². The van der Waals surface area contributed by atoms with Gasteiger partial charge in [-0.05, 0) is 36.8 Å². The van der Waals surface area contributed by atoms with Crippen LogP contribution in [0.25, 0.3) is 10.8 Å². The Bertz CT molecular complexity index is 1260. The van der Waals surface area contributed by atoms with Gasteiger partial charge < -0.3 is 4.74 Å². The summed E-state index contributed by atoms with van der Waals surface area (Å²) in [6.07, 6.45) is 0.775. The molecule has 1 amide bonds. The van der Waals surface area contributed by atoms with Crippen molar-refractivity contribution in [3.05, 3.63) is 71.8 Å². The van der Waals surface area contributed by atoms with Gasteiger partial charge in [-0.25, -0.2) is 13.2 Å². The molecule has 3 aromatic carbocycles. The quantitative estimate of drug-likeness (QED) is 0.608. The lowest BCUT2D eigenvalue weighted by Gasteiger charge is -2.40. The number of hydrogen-bond acceptors (Lipinski definition) is 4. The molecule has 2 aliphatic rings. The van der Waals surface area contributed by atoms with Gasteiger partial charge in [0.05, 0.1) is 10.6 Å². The van der Waals surface area contributed by atoms with Crippen LogP contribution in [0.5, 0.6) is 0 Å². The number of para-hydroxylation sites is 1. The second kappa shape index (κ2) is 7.66. The SMILES string of the molecule is Cc1cccc2c1N(C1CCN(S(=O)(=O)c3cccc4ccccc34)CC1)C(=O)OC2. The smallest absolute Gasteiger partial charge is 0.414 e. The number of anilines is 1. The summed E-state index contributed by atoms with van der Waals surface area (Å²) in [5.74, 6) is 0. The Morgan fingerprint density at radius 3 is 2.45 bits per heavy atom. The van der Waals surface area contributed by atoms with E-state index in [9.17, 15) is 13.2 Å². The van der Waals surface area contributed by atoms with Gasteiger partial charge in [0.15, 0.2) is 0 Å². The number of fused-ring (bicyclic) bond motifs is 2. The third-order valence-corrected chi connectivity index (χ3v) is 8.22. The number of cyclic esters (lactones) is 1. The number of amides is 1. The first kappa shape index (κ1) is 20.0. The van der Waals surface area contributed by atoms with E-state index in [-0.39, 0.29) is 18.7 Å². The Kier molecular flexibility index (Phi) is 4.95. The Balaban J connectivity index is 1.40. The largest absolute Gasteiger partial charge is 0.444 e. The van der Waals surface area contributed by atoms with Gasteiger partial charge in [-0.15, -0.1) is 0 Å². The second-order valence-corrected chi connectivity index (χ2v) is 10.0. The number of nitrogens with zero attached hydrogens (tertiary/aromatic N) is 2. The highest BCUT2D eigenvalue weighted by atomic mass is 32.2. The summed E-state index contributed by atoms with van der Waals surface area (Å²) in [5, 5.41) is 1.64. The zero-order chi connectivity index (χ0) is 21.6. The molecule has 2 heterocycles. The van der Waals surface area contributed by atoms with Crippen molar-refractivity contribution in [1.29, 1.82) is 0 Å². The number of hydrogen-bond donors (Lipinski definition) is 0. The van der Waals surface area contributed by atoms with Gasteiger partial charge in [-0.1, -0.05) is 54.6 Å². The van der Waals surface area contributed by atoms with E-state index in [1.165, 1.54) is 0 Å². The predicted molar refractivity (Wildman–Crippen MR) is 120 cm³/mol. The molecule has 0 bridgehead atoms. The molecule has 0 aliphatic carbocycles. The van der Waals surface area contributed by atoms with Gasteiger partial charge in [0.25, 0.3) is 0 Å². The number of ether oxygens (including phenoxy) is 1. The summed E-state index contributed by atoms with van der Waals surface area (Å²) >= 11 is 0. The van der Waals surface area contributed by atoms with Gasteiger partial charge in [0.1, 0.15) is 6.61 Å². The van der Waals surface area contributed by atoms with Gasteiger partial charge >= 0.3 is 6.09 Å². The molecule has 0 spiro atoms. The van der Waals surface area contributed by atoms with E-state index in [0.29, 0.717) is 30.8 Å². The maximum Gasteiger partial charge on any atom is 0.414 e. The zero-order valence-electron chi connectivity index (χ0n) is 17.3. The summed E-state index contributed by atoms with van der Waals surface area (Å²) < 4.78 is 33.8. The van der Waals surface area contributed by atoms with E-state index in [2.05, 4.69) is 0 Å². The molecule has 31 heavy (non-hydrogen) atoms. The van der Waals surface area contributed by atoms with Crippen LogP contribution in [0.3, 0.4) is 0 Å². The van der Waals surface area contributed by atoms with Crippen molar-refractivity contribution in [2.75, 3.05) is 18.0 Å². The molecule has 0 saturated carbocycles. The van der Waals surface area contributed by atoms with E-state index < -0.39 is 10.0 Å². The van der Waals surface area contributed by atoms with Crippen molar-refractivity contribution < 1.29 is 17.9 Å². The molecule has 1 fully saturated rings. The molecule has 5 rings (SSSR count). The van der Waals surface area contributed by atoms with Crippen LogP contribution in [-0.4, -0.2) is 37.9 Å². The molecular weight excluding hydrogens is 412 g/mol. The number of carbonyl (C=O) groups excluding carboxylic acids is 1. The molecule has 1 saturated heterocycles. The highest BCUT2D eigenvalue weighted by Crippen LogP contribution is 2.35. The van der Waals surface area contributed by atoms with E-state index in [0.717, 1.165) is 27.6 Å². The monoisotopic (exact) mass is 436 g/mol. The minimum atomic E-state index is -3.63. The second-order valence-electron chi connectivity index (χ2n) is 8.12. The molecule has 0 unspecified atom stereocenters. The fourth-order valence-electron chi connectivity index (χ4n) is 4.71. The lowest BCUT2D eigenvalue weighted by atomic mass is 10.00. The van der Waals surface area contributed by atoms with Crippen molar-refractivity contribution in [3.8, 4) is 0 Å². The zero-order valence-corrected chi connectivity index (χ0v) is 18.1. The van der Waals surface area contributed by atoms with Crippen LogP contribution in [0.15, 0.2) is 65.6 Å². The number of benzene rings is 3. The van der Waals surface area contributed by atoms with E-state index in [4.69, 9.17) is 4.74 Å². The predicted octanol–water partition coefficient (Wildman–Crippen LogP) is 4.46. The fraction of sp³-hybridized carbons (Fsp3) is 0.292. The molecule has 2 aliphatic heterocycles. The lowest BCUT2D eigenvalue weighted by molar-refractivity contribution is 0.135. The summed E-state index contributed by atoms with van der Waals surface area (Å²) in [7, 11) is -3.63. The van der Waals surface area contributed by atoms with Gasteiger partial charge in [0.2, 0.25) is 10.0 Å². The van der Waals surface area contributed by atoms with Crippen LogP contribution in [0, 0.1) is 6.92 Å². The van der Waals surface area contributed by atoms with Crippen LogP contribution in [-0.2, 0) is 21.4 Å². The summed E-state index contributed by atoms with van der Waals surface area (Å²) in [6.45, 7) is 2.99. The maximum absolute atomic E-state index is 13.4. The Morgan fingerprint density at radius 2 is 1.65 bits per heavy atom. The van der Waals surface area contributed by atoms with Crippen LogP contribution in [0.4, 0.5) is 10.5 Å². The van der Waals surface area contributed by atoms with Gasteiger partial charge in [-0.2, -0.15) is 4.31 Å². The Hall–Kier alpha value is -2.90. The van der Waals surface area contributed by atoms with Crippen LogP contribution in [0.1, 0.15) is 24.0 Å². The van der Waals surface area contributed by atoms with Crippen LogP contribution >= 0.6 is 0 Å². The van der Waals surface area contributed by atoms with Crippen LogP contribution < -0.4 is 4.90 Å². The first-order valence-electron chi connectivity index (χ1n) is 10.5. The molecule has 0 aromatic heterocycles. The fourth-order valence-corrected chi connectivity index (χ4v) is 6.40. The van der Waals surface area contributed by atoms with Crippen LogP contribution in [0.2, 0.25) is 0 Å². The van der Waals surface area contributed by atoms with Crippen molar-refractivity contribution in [3.63, 3.8) is 0 Å². The maximum atomic E-state index is 13.4. The molecule has 7 heteroatoms. The highest BCUT2D eigenvalue weighted by Gasteiger charge is 2.38. The number of piperidine rings is 1. The third-order valence-electron chi connectivity index (χ3n) is 6.27. The minimum absolute atomic E-state index is 0.0911. The number of aryl methyl sites for hydroxylation is 1. The minimum Gasteiger partial charge on any atom is -0.444 e.